The zero-order chi connectivity index (χ0) is 13.8. The van der Waals surface area contributed by atoms with E-state index in [4.69, 9.17) is 16.9 Å². The first-order valence-electron chi connectivity index (χ1n) is 5.54. The van der Waals surface area contributed by atoms with E-state index in [-0.39, 0.29) is 11.6 Å². The van der Waals surface area contributed by atoms with Gasteiger partial charge < -0.3 is 5.32 Å². The van der Waals surface area contributed by atoms with Gasteiger partial charge in [-0.25, -0.2) is 0 Å². The maximum absolute atomic E-state index is 12.0. The minimum absolute atomic E-state index is 0.231. The lowest BCUT2D eigenvalue weighted by molar-refractivity contribution is 0.102. The Balaban J connectivity index is 2.27. The summed E-state index contributed by atoms with van der Waals surface area (Å²) in [6.07, 6.45) is 1.47. The molecule has 5 heteroatoms. The van der Waals surface area contributed by atoms with Crippen molar-refractivity contribution >= 4 is 23.2 Å². The molecule has 1 heterocycles. The van der Waals surface area contributed by atoms with E-state index >= 15 is 0 Å². The van der Waals surface area contributed by atoms with Gasteiger partial charge in [0.2, 0.25) is 0 Å². The Morgan fingerprint density at radius 1 is 1.37 bits per heavy atom. The van der Waals surface area contributed by atoms with Gasteiger partial charge in [-0.1, -0.05) is 17.7 Å². The minimum Gasteiger partial charge on any atom is -0.320 e. The Bertz CT molecular complexity index is 677. The largest absolute Gasteiger partial charge is 0.320 e. The zero-order valence-electron chi connectivity index (χ0n) is 10.1. The fourth-order valence-electron chi connectivity index (χ4n) is 1.54. The number of benzene rings is 1. The maximum atomic E-state index is 12.0. The SMILES string of the molecule is Cc1ccc(C#N)cc1NC(=O)c1cc(Cl)ccn1. The molecule has 0 fully saturated rings. The first-order valence-corrected chi connectivity index (χ1v) is 5.91. The van der Waals surface area contributed by atoms with Crippen LogP contribution in [-0.4, -0.2) is 10.9 Å². The molecule has 0 spiro atoms. The molecule has 0 aliphatic heterocycles. The van der Waals surface area contributed by atoms with Gasteiger partial charge in [0.05, 0.1) is 11.6 Å². The van der Waals surface area contributed by atoms with Crippen LogP contribution in [0.25, 0.3) is 0 Å². The number of amides is 1. The highest BCUT2D eigenvalue weighted by atomic mass is 35.5. The number of nitrogens with zero attached hydrogens (tertiary/aromatic N) is 2. The van der Waals surface area contributed by atoms with Crippen LogP contribution < -0.4 is 5.32 Å². The van der Waals surface area contributed by atoms with Gasteiger partial charge in [0.1, 0.15) is 5.69 Å². The van der Waals surface area contributed by atoms with Gasteiger partial charge in [-0.3, -0.25) is 9.78 Å². The molecule has 0 saturated heterocycles. The maximum Gasteiger partial charge on any atom is 0.274 e. The quantitative estimate of drug-likeness (QED) is 0.912. The van der Waals surface area contributed by atoms with Gasteiger partial charge in [-0.05, 0) is 36.8 Å². The van der Waals surface area contributed by atoms with E-state index in [1.807, 2.05) is 13.0 Å². The lowest BCUT2D eigenvalue weighted by atomic mass is 10.1. The number of aromatic nitrogens is 1. The third kappa shape index (κ3) is 3.09. The first kappa shape index (κ1) is 13.1. The van der Waals surface area contributed by atoms with E-state index in [0.29, 0.717) is 16.3 Å². The number of nitrogens with one attached hydrogen (secondary N) is 1. The first-order chi connectivity index (χ1) is 9.10. The average Bonchev–Trinajstić information content (AvgIpc) is 2.41. The molecule has 0 aliphatic rings. The Morgan fingerprint density at radius 2 is 2.16 bits per heavy atom. The van der Waals surface area contributed by atoms with Crippen molar-refractivity contribution in [2.75, 3.05) is 5.32 Å². The Kier molecular flexibility index (Phi) is 3.79. The van der Waals surface area contributed by atoms with Crippen LogP contribution in [0.2, 0.25) is 5.02 Å². The van der Waals surface area contributed by atoms with Crippen LogP contribution in [-0.2, 0) is 0 Å². The topological polar surface area (TPSA) is 65.8 Å². The number of halogens is 1. The van der Waals surface area contributed by atoms with Crippen LogP contribution in [0.4, 0.5) is 5.69 Å². The smallest absolute Gasteiger partial charge is 0.274 e. The van der Waals surface area contributed by atoms with Crippen molar-refractivity contribution in [3.8, 4) is 6.07 Å². The number of anilines is 1. The van der Waals surface area contributed by atoms with Crippen molar-refractivity contribution in [1.82, 2.24) is 4.98 Å². The monoisotopic (exact) mass is 271 g/mol. The van der Waals surface area contributed by atoms with Gasteiger partial charge in [0.25, 0.3) is 5.91 Å². The molecule has 0 radical (unpaired) electrons. The Morgan fingerprint density at radius 3 is 2.84 bits per heavy atom. The van der Waals surface area contributed by atoms with Gasteiger partial charge in [-0.2, -0.15) is 5.26 Å². The van der Waals surface area contributed by atoms with Gasteiger partial charge in [0, 0.05) is 16.9 Å². The number of hydrogen-bond acceptors (Lipinski definition) is 3. The van der Waals surface area contributed by atoms with Gasteiger partial charge in [0.15, 0.2) is 0 Å². The minimum atomic E-state index is -0.360. The molecule has 0 bridgehead atoms. The predicted molar refractivity (Wildman–Crippen MR) is 73.1 cm³/mol. The van der Waals surface area contributed by atoms with Crippen molar-refractivity contribution in [1.29, 1.82) is 5.26 Å². The van der Waals surface area contributed by atoms with Crippen LogP contribution in [0.3, 0.4) is 0 Å². The van der Waals surface area contributed by atoms with E-state index in [0.717, 1.165) is 5.56 Å². The van der Waals surface area contributed by atoms with E-state index in [1.54, 1.807) is 24.3 Å². The molecular weight excluding hydrogens is 262 g/mol. The molecule has 1 N–H and O–H groups in total. The average molecular weight is 272 g/mol. The van der Waals surface area contributed by atoms with Crippen LogP contribution in [0.5, 0.6) is 0 Å². The summed E-state index contributed by atoms with van der Waals surface area (Å²) in [7, 11) is 0. The summed E-state index contributed by atoms with van der Waals surface area (Å²) in [5.41, 5.74) is 2.18. The van der Waals surface area contributed by atoms with Crippen molar-refractivity contribution in [2.24, 2.45) is 0 Å². The summed E-state index contributed by atoms with van der Waals surface area (Å²) in [6, 6.07) is 10.2. The van der Waals surface area contributed by atoms with Crippen LogP contribution >= 0.6 is 11.6 Å². The lowest BCUT2D eigenvalue weighted by Gasteiger charge is -2.08. The summed E-state index contributed by atoms with van der Waals surface area (Å²) in [4.78, 5) is 15.9. The normalized spacial score (nSPS) is 9.74. The number of hydrogen-bond donors (Lipinski definition) is 1. The van der Waals surface area contributed by atoms with E-state index < -0.39 is 0 Å². The molecule has 2 aromatic rings. The van der Waals surface area contributed by atoms with Gasteiger partial charge in [-0.15, -0.1) is 0 Å². The summed E-state index contributed by atoms with van der Waals surface area (Å²) < 4.78 is 0. The fraction of sp³-hybridized carbons (Fsp3) is 0.0714. The number of aryl methyl sites for hydroxylation is 1. The molecule has 19 heavy (non-hydrogen) atoms. The predicted octanol–water partition coefficient (Wildman–Crippen LogP) is 3.17. The molecule has 94 valence electrons. The second-order valence-corrected chi connectivity index (χ2v) is 4.39. The molecule has 0 aliphatic carbocycles. The summed E-state index contributed by atoms with van der Waals surface area (Å²) in [6.45, 7) is 1.85. The van der Waals surface area contributed by atoms with Crippen molar-refractivity contribution in [2.45, 2.75) is 6.92 Å². The molecular formula is C14H10ClN3O. The molecule has 1 aromatic carbocycles. The fourth-order valence-corrected chi connectivity index (χ4v) is 1.70. The Hall–Kier alpha value is -2.38. The molecule has 0 unspecified atom stereocenters. The van der Waals surface area contributed by atoms with Gasteiger partial charge >= 0.3 is 0 Å². The molecule has 0 atom stereocenters. The number of carbonyl (C=O) groups is 1. The number of pyridine rings is 1. The second kappa shape index (κ2) is 5.51. The van der Waals surface area contributed by atoms with Crippen LogP contribution in [0, 0.1) is 18.3 Å². The van der Waals surface area contributed by atoms with E-state index in [2.05, 4.69) is 10.3 Å². The van der Waals surface area contributed by atoms with Crippen LogP contribution in [0.15, 0.2) is 36.5 Å². The molecule has 4 nitrogen and oxygen atoms in total. The zero-order valence-corrected chi connectivity index (χ0v) is 10.9. The Labute approximate surface area is 115 Å². The van der Waals surface area contributed by atoms with Crippen LogP contribution in [0.1, 0.15) is 21.6 Å². The lowest BCUT2D eigenvalue weighted by Crippen LogP contribution is -2.14. The second-order valence-electron chi connectivity index (χ2n) is 3.95. The molecule has 1 aromatic heterocycles. The standard InChI is InChI=1S/C14H10ClN3O/c1-9-2-3-10(8-16)6-12(9)18-14(19)13-7-11(15)4-5-17-13/h2-7H,1H3,(H,18,19). The molecule has 1 amide bonds. The van der Waals surface area contributed by atoms with E-state index in [9.17, 15) is 4.79 Å². The highest BCUT2D eigenvalue weighted by Crippen LogP contribution is 2.17. The van der Waals surface area contributed by atoms with E-state index in [1.165, 1.54) is 12.3 Å². The number of nitriles is 1. The van der Waals surface area contributed by atoms with Crippen molar-refractivity contribution in [3.63, 3.8) is 0 Å². The van der Waals surface area contributed by atoms with Crippen molar-refractivity contribution in [3.05, 3.63) is 58.4 Å². The highest BCUT2D eigenvalue weighted by Gasteiger charge is 2.10. The highest BCUT2D eigenvalue weighted by molar-refractivity contribution is 6.30. The summed E-state index contributed by atoms with van der Waals surface area (Å²) in [5.74, 6) is -0.360. The third-order valence-electron chi connectivity index (χ3n) is 2.57. The molecule has 2 rings (SSSR count). The number of rotatable bonds is 2. The summed E-state index contributed by atoms with van der Waals surface area (Å²) >= 11 is 5.81. The number of carbonyl (C=O) groups excluding carboxylic acids is 1. The van der Waals surface area contributed by atoms with Crippen molar-refractivity contribution < 1.29 is 4.79 Å². The summed E-state index contributed by atoms with van der Waals surface area (Å²) in [5, 5.41) is 12.0. The third-order valence-corrected chi connectivity index (χ3v) is 2.80. The molecule has 0 saturated carbocycles.